The zero-order chi connectivity index (χ0) is 19.1. The van der Waals surface area contributed by atoms with Crippen LogP contribution in [0.5, 0.6) is 5.75 Å². The zero-order valence-corrected chi connectivity index (χ0v) is 16.8. The van der Waals surface area contributed by atoms with E-state index >= 15 is 0 Å². The van der Waals surface area contributed by atoms with E-state index in [0.29, 0.717) is 17.2 Å². The van der Waals surface area contributed by atoms with Gasteiger partial charge in [-0.15, -0.1) is 0 Å². The summed E-state index contributed by atoms with van der Waals surface area (Å²) in [6.07, 6.45) is 5.13. The van der Waals surface area contributed by atoms with E-state index in [4.69, 9.17) is 4.74 Å². The molecule has 0 spiro atoms. The molecule has 0 bridgehead atoms. The summed E-state index contributed by atoms with van der Waals surface area (Å²) in [7, 11) is 0. The summed E-state index contributed by atoms with van der Waals surface area (Å²) in [4.78, 5) is 12.3. The largest absolute Gasteiger partial charge is 0.423 e. The van der Waals surface area contributed by atoms with Gasteiger partial charge in [0.25, 0.3) is 0 Å². The van der Waals surface area contributed by atoms with Crippen molar-refractivity contribution in [2.75, 3.05) is 0 Å². The molecule has 140 valence electrons. The molecule has 0 N–H and O–H groups in total. The van der Waals surface area contributed by atoms with Crippen LogP contribution < -0.4 is 4.74 Å². The molecule has 2 aromatic carbocycles. The van der Waals surface area contributed by atoms with Gasteiger partial charge >= 0.3 is 5.97 Å². The third-order valence-corrected chi connectivity index (χ3v) is 5.32. The molecule has 1 aliphatic carbocycles. The van der Waals surface area contributed by atoms with E-state index in [9.17, 15) is 4.79 Å². The summed E-state index contributed by atoms with van der Waals surface area (Å²) >= 11 is 0. The topological polar surface area (TPSA) is 26.3 Å². The summed E-state index contributed by atoms with van der Waals surface area (Å²) < 4.78 is 5.50. The highest BCUT2D eigenvalue weighted by Crippen LogP contribution is 2.35. The molecule has 2 heteroatoms. The molecule has 2 nitrogen and oxygen atoms in total. The summed E-state index contributed by atoms with van der Waals surface area (Å²) in [5.41, 5.74) is 4.29. The van der Waals surface area contributed by atoms with Gasteiger partial charge in [0.1, 0.15) is 5.75 Å². The minimum absolute atomic E-state index is 0.290. The van der Waals surface area contributed by atoms with Gasteiger partial charge in [-0.25, -0.2) is 4.79 Å². The highest BCUT2D eigenvalue weighted by Gasteiger charge is 2.20. The lowest BCUT2D eigenvalue weighted by molar-refractivity contribution is 0.0734. The van der Waals surface area contributed by atoms with E-state index in [2.05, 4.69) is 19.1 Å². The molecule has 0 radical (unpaired) electrons. The van der Waals surface area contributed by atoms with E-state index in [1.807, 2.05) is 58.0 Å². The van der Waals surface area contributed by atoms with Crippen LogP contribution in [0.25, 0.3) is 0 Å². The monoisotopic (exact) mass is 352 g/mol. The first kappa shape index (κ1) is 20.2. The van der Waals surface area contributed by atoms with Crippen LogP contribution >= 0.6 is 0 Å². The first-order valence-electron chi connectivity index (χ1n) is 9.92. The van der Waals surface area contributed by atoms with Gasteiger partial charge < -0.3 is 4.74 Å². The molecule has 0 saturated heterocycles. The second-order valence-electron chi connectivity index (χ2n) is 7.21. The maximum Gasteiger partial charge on any atom is 0.343 e. The molecule has 0 atom stereocenters. The van der Waals surface area contributed by atoms with Gasteiger partial charge in [-0.3, -0.25) is 0 Å². The highest BCUT2D eigenvalue weighted by atomic mass is 16.5. The molecule has 1 fully saturated rings. The second kappa shape index (κ2) is 9.56. The lowest BCUT2D eigenvalue weighted by atomic mass is 9.79. The Kier molecular flexibility index (Phi) is 7.44. The molecule has 1 saturated carbocycles. The Bertz CT molecular complexity index is 707. The van der Waals surface area contributed by atoms with Crippen molar-refractivity contribution in [1.82, 2.24) is 0 Å². The predicted molar refractivity (Wildman–Crippen MR) is 109 cm³/mol. The van der Waals surface area contributed by atoms with E-state index in [-0.39, 0.29) is 5.97 Å². The number of carbonyl (C=O) groups is 1. The number of rotatable bonds is 3. The Labute approximate surface area is 158 Å². The Morgan fingerprint density at radius 3 is 2.08 bits per heavy atom. The fourth-order valence-corrected chi connectivity index (χ4v) is 3.43. The normalized spacial score (nSPS) is 19.3. The van der Waals surface area contributed by atoms with Crippen LogP contribution in [0.4, 0.5) is 0 Å². The van der Waals surface area contributed by atoms with Crippen LogP contribution in [0.15, 0.2) is 42.5 Å². The van der Waals surface area contributed by atoms with Gasteiger partial charge in [-0.1, -0.05) is 51.8 Å². The van der Waals surface area contributed by atoms with Crippen molar-refractivity contribution in [1.29, 1.82) is 0 Å². The molecule has 0 amide bonds. The quantitative estimate of drug-likeness (QED) is 0.446. The minimum atomic E-state index is -0.290. The van der Waals surface area contributed by atoms with Crippen molar-refractivity contribution in [2.24, 2.45) is 5.92 Å². The van der Waals surface area contributed by atoms with Crippen molar-refractivity contribution in [3.63, 3.8) is 0 Å². The van der Waals surface area contributed by atoms with Gasteiger partial charge in [0.2, 0.25) is 0 Å². The van der Waals surface area contributed by atoms with Gasteiger partial charge in [0.15, 0.2) is 0 Å². The molecule has 26 heavy (non-hydrogen) atoms. The van der Waals surface area contributed by atoms with Crippen molar-refractivity contribution in [2.45, 2.75) is 66.2 Å². The molecule has 0 aromatic heterocycles. The molecule has 3 rings (SSSR count). The Balaban J connectivity index is 0.00000117. The molecule has 0 aliphatic heterocycles. The number of benzene rings is 2. The number of hydrogen-bond donors (Lipinski definition) is 0. The minimum Gasteiger partial charge on any atom is -0.423 e. The molecule has 1 aliphatic rings. The average molecular weight is 353 g/mol. The van der Waals surface area contributed by atoms with E-state index in [1.165, 1.54) is 36.8 Å². The molecule has 0 heterocycles. The number of ether oxygens (including phenoxy) is 1. The maximum atomic E-state index is 12.3. The average Bonchev–Trinajstić information content (AvgIpc) is 2.67. The number of carbonyl (C=O) groups excluding carboxylic acids is 1. The molecular formula is C24H32O2. The van der Waals surface area contributed by atoms with Crippen molar-refractivity contribution >= 4 is 5.97 Å². The van der Waals surface area contributed by atoms with Gasteiger partial charge in [0, 0.05) is 0 Å². The SMILES string of the molecule is CC.Cc1ccc(OC(=O)c2ccc(C3CCC(C)CC3)cc2)cc1C. The third kappa shape index (κ3) is 5.20. The van der Waals surface area contributed by atoms with Crippen molar-refractivity contribution in [3.8, 4) is 5.75 Å². The lowest BCUT2D eigenvalue weighted by Gasteiger charge is -2.26. The smallest absolute Gasteiger partial charge is 0.343 e. The third-order valence-electron chi connectivity index (χ3n) is 5.32. The molecule has 0 unspecified atom stereocenters. The van der Waals surface area contributed by atoms with Crippen LogP contribution in [0.1, 0.15) is 79.4 Å². The van der Waals surface area contributed by atoms with Gasteiger partial charge in [-0.05, 0) is 79.5 Å². The lowest BCUT2D eigenvalue weighted by Crippen LogP contribution is -2.12. The fourth-order valence-electron chi connectivity index (χ4n) is 3.43. The number of esters is 1. The Morgan fingerprint density at radius 1 is 0.885 bits per heavy atom. The predicted octanol–water partition coefficient (Wildman–Crippen LogP) is 6.84. The maximum absolute atomic E-state index is 12.3. The van der Waals surface area contributed by atoms with Crippen molar-refractivity contribution < 1.29 is 9.53 Å². The number of aryl methyl sites for hydroxylation is 2. The van der Waals surface area contributed by atoms with Crippen LogP contribution in [0, 0.1) is 19.8 Å². The van der Waals surface area contributed by atoms with Gasteiger partial charge in [0.05, 0.1) is 5.56 Å². The van der Waals surface area contributed by atoms with Crippen LogP contribution in [0.2, 0.25) is 0 Å². The molecular weight excluding hydrogens is 320 g/mol. The fraction of sp³-hybridized carbons (Fsp3) is 0.458. The summed E-state index contributed by atoms with van der Waals surface area (Å²) in [5.74, 6) is 1.81. The van der Waals surface area contributed by atoms with Crippen LogP contribution in [-0.2, 0) is 0 Å². The highest BCUT2D eigenvalue weighted by molar-refractivity contribution is 5.91. The van der Waals surface area contributed by atoms with Crippen LogP contribution in [0.3, 0.4) is 0 Å². The summed E-state index contributed by atoms with van der Waals surface area (Å²) in [6.45, 7) is 10.4. The first-order valence-corrected chi connectivity index (χ1v) is 9.92. The molecule has 2 aromatic rings. The summed E-state index contributed by atoms with van der Waals surface area (Å²) in [6, 6.07) is 13.7. The van der Waals surface area contributed by atoms with Crippen molar-refractivity contribution in [3.05, 3.63) is 64.7 Å². The zero-order valence-electron chi connectivity index (χ0n) is 16.8. The second-order valence-corrected chi connectivity index (χ2v) is 7.21. The van der Waals surface area contributed by atoms with Crippen LogP contribution in [-0.4, -0.2) is 5.97 Å². The Morgan fingerprint density at radius 2 is 1.50 bits per heavy atom. The first-order chi connectivity index (χ1) is 12.5. The summed E-state index contributed by atoms with van der Waals surface area (Å²) in [5, 5.41) is 0. The number of hydrogen-bond acceptors (Lipinski definition) is 2. The van der Waals surface area contributed by atoms with Gasteiger partial charge in [-0.2, -0.15) is 0 Å². The van der Waals surface area contributed by atoms with E-state index in [1.54, 1.807) is 0 Å². The van der Waals surface area contributed by atoms with E-state index < -0.39 is 0 Å². The Hall–Kier alpha value is -2.09. The van der Waals surface area contributed by atoms with E-state index in [0.717, 1.165) is 11.5 Å². The standard InChI is InChI=1S/C22H26O2.C2H6/c1-15-4-7-18(8-5-15)19-9-11-20(12-10-19)22(23)24-21-13-6-16(2)17(3)14-21;1-2/h6,9-15,18H,4-5,7-8H2,1-3H3;1-2H3.